The number of rotatable bonds is 5. The predicted molar refractivity (Wildman–Crippen MR) is 105 cm³/mol. The van der Waals surface area contributed by atoms with Gasteiger partial charge in [-0.05, 0) is 25.0 Å². The first-order valence-electron chi connectivity index (χ1n) is 9.53. The van der Waals surface area contributed by atoms with Gasteiger partial charge in [0.15, 0.2) is 0 Å². The second kappa shape index (κ2) is 8.26. The molecule has 2 heterocycles. The van der Waals surface area contributed by atoms with Crippen LogP contribution in [0, 0.1) is 0 Å². The van der Waals surface area contributed by atoms with E-state index >= 15 is 0 Å². The summed E-state index contributed by atoms with van der Waals surface area (Å²) in [4.78, 5) is 25.6. The van der Waals surface area contributed by atoms with Gasteiger partial charge in [-0.15, -0.1) is 0 Å². The summed E-state index contributed by atoms with van der Waals surface area (Å²) < 4.78 is 10.9. The molecule has 9 heteroatoms. The molecule has 0 saturated heterocycles. The van der Waals surface area contributed by atoms with Crippen LogP contribution in [0.2, 0.25) is 0 Å². The fourth-order valence-corrected chi connectivity index (χ4v) is 3.60. The molecular weight excluding hydrogens is 372 g/mol. The van der Waals surface area contributed by atoms with Gasteiger partial charge in [0.1, 0.15) is 17.0 Å². The Balaban J connectivity index is 1.57. The van der Waals surface area contributed by atoms with Crippen molar-refractivity contribution in [2.45, 2.75) is 37.6 Å². The number of para-hydroxylation sites is 2. The molecule has 0 spiro atoms. The molecule has 0 bridgehead atoms. The second-order valence-electron chi connectivity index (χ2n) is 6.94. The SMILES string of the molecule is COc1ccccc1NC(=O)NC1(c2nc(-c3cnccn3)no2)CCCCC1. The molecule has 29 heavy (non-hydrogen) atoms. The summed E-state index contributed by atoms with van der Waals surface area (Å²) in [5.41, 5.74) is 0.383. The van der Waals surface area contributed by atoms with Gasteiger partial charge in [-0.1, -0.05) is 36.6 Å². The quantitative estimate of drug-likeness (QED) is 0.680. The van der Waals surface area contributed by atoms with Gasteiger partial charge < -0.3 is 19.9 Å². The van der Waals surface area contributed by atoms with Crippen LogP contribution in [0.5, 0.6) is 5.75 Å². The molecule has 0 atom stereocenters. The summed E-state index contributed by atoms with van der Waals surface area (Å²) >= 11 is 0. The average molecular weight is 394 g/mol. The minimum Gasteiger partial charge on any atom is -0.495 e. The Kier molecular flexibility index (Phi) is 5.37. The summed E-state index contributed by atoms with van der Waals surface area (Å²) in [6.45, 7) is 0. The average Bonchev–Trinajstić information content (AvgIpc) is 3.26. The van der Waals surface area contributed by atoms with Crippen LogP contribution in [0.4, 0.5) is 10.5 Å². The number of aromatic nitrogens is 4. The Morgan fingerprint density at radius 3 is 2.76 bits per heavy atom. The van der Waals surface area contributed by atoms with E-state index in [9.17, 15) is 4.79 Å². The van der Waals surface area contributed by atoms with E-state index in [0.29, 0.717) is 41.7 Å². The molecule has 0 unspecified atom stereocenters. The van der Waals surface area contributed by atoms with Gasteiger partial charge in [-0.3, -0.25) is 4.98 Å². The Labute approximate surface area is 167 Å². The van der Waals surface area contributed by atoms with E-state index in [2.05, 4.69) is 30.7 Å². The Hall–Kier alpha value is -3.49. The van der Waals surface area contributed by atoms with Crippen molar-refractivity contribution >= 4 is 11.7 Å². The van der Waals surface area contributed by atoms with Crippen molar-refractivity contribution in [1.82, 2.24) is 25.4 Å². The minimum absolute atomic E-state index is 0.351. The molecule has 1 fully saturated rings. The number of nitrogens with zero attached hydrogens (tertiary/aromatic N) is 4. The number of hydrogen-bond acceptors (Lipinski definition) is 7. The number of ether oxygens (including phenoxy) is 1. The number of methoxy groups -OCH3 is 1. The molecule has 3 aromatic rings. The molecule has 1 aromatic carbocycles. The molecule has 2 aromatic heterocycles. The van der Waals surface area contributed by atoms with Gasteiger partial charge in [0, 0.05) is 12.4 Å². The first-order chi connectivity index (χ1) is 14.2. The van der Waals surface area contributed by atoms with Crippen LogP contribution in [0.15, 0.2) is 47.4 Å². The number of anilines is 1. The zero-order chi connectivity index (χ0) is 20.1. The standard InChI is InChI=1S/C20H22N6O3/c1-28-16-8-4-3-7-14(16)23-19(27)25-20(9-5-2-6-10-20)18-24-17(26-29-18)15-13-21-11-12-22-15/h3-4,7-8,11-13H,2,5-6,9-10H2,1H3,(H2,23,25,27). The van der Waals surface area contributed by atoms with E-state index < -0.39 is 5.54 Å². The van der Waals surface area contributed by atoms with Crippen molar-refractivity contribution < 1.29 is 14.1 Å². The summed E-state index contributed by atoms with van der Waals surface area (Å²) in [6.07, 6.45) is 9.17. The smallest absolute Gasteiger partial charge is 0.320 e. The highest BCUT2D eigenvalue weighted by atomic mass is 16.5. The first-order valence-corrected chi connectivity index (χ1v) is 9.53. The number of amides is 2. The molecule has 4 rings (SSSR count). The molecule has 0 radical (unpaired) electrons. The summed E-state index contributed by atoms with van der Waals surface area (Å²) in [5, 5.41) is 9.97. The van der Waals surface area contributed by atoms with Crippen LogP contribution in [0.1, 0.15) is 38.0 Å². The van der Waals surface area contributed by atoms with Crippen LogP contribution in [0.25, 0.3) is 11.5 Å². The molecule has 1 aliphatic rings. The monoisotopic (exact) mass is 394 g/mol. The fourth-order valence-electron chi connectivity index (χ4n) is 3.60. The van der Waals surface area contributed by atoms with Gasteiger partial charge in [-0.25, -0.2) is 9.78 Å². The molecular formula is C20H22N6O3. The number of nitrogens with one attached hydrogen (secondary N) is 2. The molecule has 0 aliphatic heterocycles. The van der Waals surface area contributed by atoms with E-state index in [1.165, 1.54) is 0 Å². The largest absolute Gasteiger partial charge is 0.495 e. The summed E-state index contributed by atoms with van der Waals surface area (Å²) in [7, 11) is 1.56. The van der Waals surface area contributed by atoms with Crippen molar-refractivity contribution in [3.63, 3.8) is 0 Å². The topological polar surface area (TPSA) is 115 Å². The van der Waals surface area contributed by atoms with Gasteiger partial charge in [0.25, 0.3) is 5.89 Å². The Morgan fingerprint density at radius 1 is 1.17 bits per heavy atom. The molecule has 1 aliphatic carbocycles. The maximum absolute atomic E-state index is 12.8. The fraction of sp³-hybridized carbons (Fsp3) is 0.350. The molecule has 2 N–H and O–H groups in total. The molecule has 9 nitrogen and oxygen atoms in total. The summed E-state index contributed by atoms with van der Waals surface area (Å²) in [6, 6.07) is 6.90. The van der Waals surface area contributed by atoms with Gasteiger partial charge in [0.2, 0.25) is 5.82 Å². The van der Waals surface area contributed by atoms with Crippen LogP contribution in [-0.4, -0.2) is 33.2 Å². The maximum Gasteiger partial charge on any atom is 0.320 e. The van der Waals surface area contributed by atoms with Gasteiger partial charge in [-0.2, -0.15) is 4.98 Å². The van der Waals surface area contributed by atoms with E-state index in [-0.39, 0.29) is 6.03 Å². The van der Waals surface area contributed by atoms with Crippen LogP contribution < -0.4 is 15.4 Å². The summed E-state index contributed by atoms with van der Waals surface area (Å²) in [5.74, 6) is 1.32. The highest BCUT2D eigenvalue weighted by Crippen LogP contribution is 2.37. The third kappa shape index (κ3) is 4.03. The Morgan fingerprint density at radius 2 is 2.00 bits per heavy atom. The third-order valence-electron chi connectivity index (χ3n) is 5.04. The number of urea groups is 1. The minimum atomic E-state index is -0.724. The highest BCUT2D eigenvalue weighted by Gasteiger charge is 2.41. The van der Waals surface area contributed by atoms with E-state index in [0.717, 1.165) is 19.3 Å². The van der Waals surface area contributed by atoms with Crippen molar-refractivity contribution in [2.24, 2.45) is 0 Å². The zero-order valence-corrected chi connectivity index (χ0v) is 16.1. The molecule has 150 valence electrons. The van der Waals surface area contributed by atoms with Gasteiger partial charge in [0.05, 0.1) is 19.0 Å². The van der Waals surface area contributed by atoms with Crippen LogP contribution in [-0.2, 0) is 5.54 Å². The van der Waals surface area contributed by atoms with E-state index in [1.807, 2.05) is 12.1 Å². The lowest BCUT2D eigenvalue weighted by molar-refractivity contribution is 0.173. The number of carbonyl (C=O) groups is 1. The second-order valence-corrected chi connectivity index (χ2v) is 6.94. The molecule has 1 saturated carbocycles. The highest BCUT2D eigenvalue weighted by molar-refractivity contribution is 5.91. The molecule has 2 amide bonds. The van der Waals surface area contributed by atoms with Crippen molar-refractivity contribution in [1.29, 1.82) is 0 Å². The Bertz CT molecular complexity index is 969. The number of hydrogen-bond donors (Lipinski definition) is 2. The van der Waals surface area contributed by atoms with Crippen molar-refractivity contribution in [3.05, 3.63) is 48.7 Å². The first kappa shape index (κ1) is 18.9. The predicted octanol–water partition coefficient (Wildman–Crippen LogP) is 3.52. The zero-order valence-electron chi connectivity index (χ0n) is 16.1. The normalized spacial score (nSPS) is 15.5. The number of benzene rings is 1. The third-order valence-corrected chi connectivity index (χ3v) is 5.04. The van der Waals surface area contributed by atoms with E-state index in [1.54, 1.807) is 37.8 Å². The maximum atomic E-state index is 12.8. The lowest BCUT2D eigenvalue weighted by Crippen LogP contribution is -2.49. The van der Waals surface area contributed by atoms with Gasteiger partial charge >= 0.3 is 6.03 Å². The van der Waals surface area contributed by atoms with Crippen molar-refractivity contribution in [3.8, 4) is 17.3 Å². The van der Waals surface area contributed by atoms with E-state index in [4.69, 9.17) is 9.26 Å². The number of carbonyl (C=O) groups excluding carboxylic acids is 1. The lowest BCUT2D eigenvalue weighted by atomic mass is 9.81. The van der Waals surface area contributed by atoms with Crippen LogP contribution in [0.3, 0.4) is 0 Å². The van der Waals surface area contributed by atoms with Crippen LogP contribution >= 0.6 is 0 Å². The lowest BCUT2D eigenvalue weighted by Gasteiger charge is -2.34. The van der Waals surface area contributed by atoms with Crippen molar-refractivity contribution in [2.75, 3.05) is 12.4 Å².